The van der Waals surface area contributed by atoms with Crippen LogP contribution in [-0.4, -0.2) is 36.9 Å². The summed E-state index contributed by atoms with van der Waals surface area (Å²) in [7, 11) is -3.58. The van der Waals surface area contributed by atoms with E-state index in [4.69, 9.17) is 4.74 Å². The van der Waals surface area contributed by atoms with Crippen molar-refractivity contribution in [2.24, 2.45) is 0 Å². The van der Waals surface area contributed by atoms with Gasteiger partial charge in [-0.15, -0.1) is 0 Å². The van der Waals surface area contributed by atoms with E-state index >= 15 is 0 Å². The molecule has 0 amide bonds. The van der Waals surface area contributed by atoms with Crippen LogP contribution in [-0.2, 0) is 10.2 Å². The topological polar surface area (TPSA) is 71.5 Å². The second-order valence-electron chi connectivity index (χ2n) is 5.80. The number of rotatable bonds is 5. The molecule has 0 saturated carbocycles. The maximum Gasteiger partial charge on any atom is 0.302 e. The number of piperidine rings is 1. The molecule has 1 fully saturated rings. The van der Waals surface area contributed by atoms with Gasteiger partial charge in [-0.3, -0.25) is 4.72 Å². The SMILES string of the molecule is Cc1cccc(NS(=O)(=O)N2CCC(Oc3ccccc3)CC2)n1. The van der Waals surface area contributed by atoms with Gasteiger partial charge in [0.15, 0.2) is 0 Å². The largest absolute Gasteiger partial charge is 0.490 e. The lowest BCUT2D eigenvalue weighted by molar-refractivity contribution is 0.135. The number of hydrogen-bond acceptors (Lipinski definition) is 4. The van der Waals surface area contributed by atoms with E-state index in [0.29, 0.717) is 31.7 Å². The lowest BCUT2D eigenvalue weighted by Crippen LogP contribution is -2.44. The van der Waals surface area contributed by atoms with Gasteiger partial charge in [0.05, 0.1) is 0 Å². The van der Waals surface area contributed by atoms with Crippen molar-refractivity contribution in [1.29, 1.82) is 0 Å². The van der Waals surface area contributed by atoms with Crippen molar-refractivity contribution in [1.82, 2.24) is 9.29 Å². The summed E-state index contributed by atoms with van der Waals surface area (Å²) < 4.78 is 34.8. The van der Waals surface area contributed by atoms with Crippen LogP contribution < -0.4 is 9.46 Å². The number of ether oxygens (including phenoxy) is 1. The number of nitrogens with one attached hydrogen (secondary N) is 1. The summed E-state index contributed by atoms with van der Waals surface area (Å²) in [4.78, 5) is 4.18. The highest BCUT2D eigenvalue weighted by Crippen LogP contribution is 2.21. The molecule has 7 heteroatoms. The van der Waals surface area contributed by atoms with Gasteiger partial charge in [-0.2, -0.15) is 12.7 Å². The van der Waals surface area contributed by atoms with Gasteiger partial charge in [0.1, 0.15) is 17.7 Å². The summed E-state index contributed by atoms with van der Waals surface area (Å²) in [5.74, 6) is 1.17. The number of aryl methyl sites for hydroxylation is 1. The predicted octanol–water partition coefficient (Wildman–Crippen LogP) is 2.59. The molecule has 1 saturated heterocycles. The Kier molecular flexibility index (Phi) is 5.01. The molecular weight excluding hydrogens is 326 g/mol. The quantitative estimate of drug-likeness (QED) is 0.902. The fourth-order valence-electron chi connectivity index (χ4n) is 2.68. The van der Waals surface area contributed by atoms with Crippen LogP contribution in [0.3, 0.4) is 0 Å². The van der Waals surface area contributed by atoms with E-state index in [9.17, 15) is 8.42 Å². The van der Waals surface area contributed by atoms with Crippen molar-refractivity contribution in [3.8, 4) is 5.75 Å². The first-order chi connectivity index (χ1) is 11.5. The van der Waals surface area contributed by atoms with Gasteiger partial charge in [-0.05, 0) is 44.0 Å². The van der Waals surface area contributed by atoms with Crippen LogP contribution in [0.2, 0.25) is 0 Å². The Balaban J connectivity index is 1.57. The molecule has 0 aliphatic carbocycles. The predicted molar refractivity (Wildman–Crippen MR) is 93.2 cm³/mol. The van der Waals surface area contributed by atoms with Gasteiger partial charge in [0, 0.05) is 18.8 Å². The lowest BCUT2D eigenvalue weighted by Gasteiger charge is -2.31. The summed E-state index contributed by atoms with van der Waals surface area (Å²) >= 11 is 0. The lowest BCUT2D eigenvalue weighted by atomic mass is 10.1. The molecule has 0 bridgehead atoms. The fourth-order valence-corrected chi connectivity index (χ4v) is 3.88. The Bertz CT molecular complexity index is 773. The molecule has 2 aromatic rings. The first kappa shape index (κ1) is 16.7. The number of pyridine rings is 1. The molecule has 0 spiro atoms. The van der Waals surface area contributed by atoms with E-state index in [1.807, 2.05) is 43.3 Å². The average Bonchev–Trinajstić information content (AvgIpc) is 2.56. The van der Waals surface area contributed by atoms with E-state index in [0.717, 1.165) is 11.4 Å². The smallest absolute Gasteiger partial charge is 0.302 e. The molecule has 6 nitrogen and oxygen atoms in total. The van der Waals surface area contributed by atoms with Crippen molar-refractivity contribution in [2.45, 2.75) is 25.9 Å². The number of aromatic nitrogens is 1. The van der Waals surface area contributed by atoms with Crippen molar-refractivity contribution >= 4 is 16.0 Å². The number of nitrogens with zero attached hydrogens (tertiary/aromatic N) is 2. The molecule has 1 N–H and O–H groups in total. The van der Waals surface area contributed by atoms with Gasteiger partial charge in [0.25, 0.3) is 0 Å². The number of para-hydroxylation sites is 1. The van der Waals surface area contributed by atoms with Crippen molar-refractivity contribution in [3.63, 3.8) is 0 Å². The van der Waals surface area contributed by atoms with Gasteiger partial charge >= 0.3 is 10.2 Å². The summed E-state index contributed by atoms with van der Waals surface area (Å²) in [6.45, 7) is 2.68. The highest BCUT2D eigenvalue weighted by molar-refractivity contribution is 7.90. The molecule has 1 aliphatic heterocycles. The minimum absolute atomic E-state index is 0.0379. The van der Waals surface area contributed by atoms with E-state index in [2.05, 4.69) is 9.71 Å². The molecular formula is C17H21N3O3S. The maximum atomic E-state index is 12.5. The Hall–Kier alpha value is -2.12. The average molecular weight is 347 g/mol. The third-order valence-electron chi connectivity index (χ3n) is 3.91. The van der Waals surface area contributed by atoms with Gasteiger partial charge in [-0.25, -0.2) is 4.98 Å². The number of anilines is 1. The summed E-state index contributed by atoms with van der Waals surface area (Å²) in [5, 5.41) is 0. The number of benzene rings is 1. The molecule has 0 radical (unpaired) electrons. The second kappa shape index (κ2) is 7.19. The minimum Gasteiger partial charge on any atom is -0.490 e. The zero-order chi connectivity index (χ0) is 17.0. The monoisotopic (exact) mass is 347 g/mol. The van der Waals surface area contributed by atoms with Gasteiger partial charge in [0.2, 0.25) is 0 Å². The molecule has 0 atom stereocenters. The van der Waals surface area contributed by atoms with Crippen LogP contribution in [0.4, 0.5) is 5.82 Å². The van der Waals surface area contributed by atoms with Crippen LogP contribution in [0.5, 0.6) is 5.75 Å². The second-order valence-corrected chi connectivity index (χ2v) is 7.47. The van der Waals surface area contributed by atoms with Crippen LogP contribution in [0.1, 0.15) is 18.5 Å². The van der Waals surface area contributed by atoms with Crippen LogP contribution in [0, 0.1) is 6.92 Å². The molecule has 1 aromatic heterocycles. The highest BCUT2D eigenvalue weighted by atomic mass is 32.2. The summed E-state index contributed by atoms with van der Waals surface area (Å²) in [6.07, 6.45) is 1.37. The fraction of sp³-hybridized carbons (Fsp3) is 0.353. The third kappa shape index (κ3) is 4.24. The Morgan fingerprint density at radius 1 is 1.08 bits per heavy atom. The van der Waals surface area contributed by atoms with E-state index in [-0.39, 0.29) is 6.10 Å². The molecule has 24 heavy (non-hydrogen) atoms. The zero-order valence-electron chi connectivity index (χ0n) is 13.6. The van der Waals surface area contributed by atoms with Gasteiger partial charge in [-0.1, -0.05) is 24.3 Å². The molecule has 1 aliphatic rings. The number of hydrogen-bond donors (Lipinski definition) is 1. The Morgan fingerprint density at radius 2 is 1.79 bits per heavy atom. The van der Waals surface area contributed by atoms with Gasteiger partial charge < -0.3 is 4.74 Å². The normalized spacial score (nSPS) is 16.7. The molecule has 2 heterocycles. The van der Waals surface area contributed by atoms with Crippen LogP contribution >= 0.6 is 0 Å². The summed E-state index contributed by atoms with van der Waals surface area (Å²) in [5.41, 5.74) is 0.769. The van der Waals surface area contributed by atoms with Crippen molar-refractivity contribution in [2.75, 3.05) is 17.8 Å². The first-order valence-corrected chi connectivity index (χ1v) is 9.40. The third-order valence-corrected chi connectivity index (χ3v) is 5.42. The van der Waals surface area contributed by atoms with E-state index in [1.54, 1.807) is 12.1 Å². The van der Waals surface area contributed by atoms with E-state index < -0.39 is 10.2 Å². The molecule has 128 valence electrons. The molecule has 0 unspecified atom stereocenters. The minimum atomic E-state index is -3.58. The zero-order valence-corrected chi connectivity index (χ0v) is 14.4. The Morgan fingerprint density at radius 3 is 2.46 bits per heavy atom. The molecule has 3 rings (SSSR count). The Labute approximate surface area is 142 Å². The standard InChI is InChI=1S/C17H21N3O3S/c1-14-6-5-9-17(18-14)19-24(21,22)20-12-10-16(11-13-20)23-15-7-3-2-4-8-15/h2-9,16H,10-13H2,1H3,(H,18,19). The van der Waals surface area contributed by atoms with E-state index in [1.165, 1.54) is 4.31 Å². The van der Waals surface area contributed by atoms with Crippen molar-refractivity contribution < 1.29 is 13.2 Å². The molecule has 1 aromatic carbocycles. The van der Waals surface area contributed by atoms with Crippen LogP contribution in [0.15, 0.2) is 48.5 Å². The summed E-state index contributed by atoms with van der Waals surface area (Å²) in [6, 6.07) is 14.9. The first-order valence-electron chi connectivity index (χ1n) is 7.96. The van der Waals surface area contributed by atoms with Crippen molar-refractivity contribution in [3.05, 3.63) is 54.2 Å². The van der Waals surface area contributed by atoms with Crippen LogP contribution in [0.25, 0.3) is 0 Å². The highest BCUT2D eigenvalue weighted by Gasteiger charge is 2.29. The maximum absolute atomic E-state index is 12.5.